The quantitative estimate of drug-likeness (QED) is 0.534. The van der Waals surface area contributed by atoms with Crippen LogP contribution in [-0.4, -0.2) is 18.1 Å². The van der Waals surface area contributed by atoms with E-state index < -0.39 is 0 Å². The molecule has 2 N–H and O–H groups in total. The van der Waals surface area contributed by atoms with E-state index in [4.69, 9.17) is 5.84 Å². The number of nitrogens with two attached hydrogens (primary N) is 1. The van der Waals surface area contributed by atoms with E-state index in [1.165, 1.54) is 25.7 Å². The Kier molecular flexibility index (Phi) is 1.69. The van der Waals surface area contributed by atoms with Gasteiger partial charge >= 0.3 is 0 Å². The molecule has 2 unspecified atom stereocenters. The summed E-state index contributed by atoms with van der Waals surface area (Å²) in [4.78, 5) is 0. The highest BCUT2D eigenvalue weighted by atomic mass is 15.4. The molecule has 0 bridgehead atoms. The molecule has 1 aliphatic heterocycles. The van der Waals surface area contributed by atoms with Crippen molar-refractivity contribution in [2.45, 2.75) is 32.6 Å². The number of hydrazine groups is 1. The molecule has 0 aromatic carbocycles. The molecule has 1 spiro atoms. The SMILES string of the molecule is CC1CCC2(CCN(N)C2)C1. The molecule has 2 nitrogen and oxygen atoms in total. The van der Waals surface area contributed by atoms with E-state index >= 15 is 0 Å². The monoisotopic (exact) mass is 154 g/mol. The van der Waals surface area contributed by atoms with Crippen molar-refractivity contribution < 1.29 is 0 Å². The third kappa shape index (κ3) is 1.30. The average Bonchev–Trinajstić information content (AvgIpc) is 2.44. The van der Waals surface area contributed by atoms with E-state index in [0.717, 1.165) is 19.0 Å². The Morgan fingerprint density at radius 1 is 1.45 bits per heavy atom. The largest absolute Gasteiger partial charge is 0.269 e. The molecule has 2 rings (SSSR count). The van der Waals surface area contributed by atoms with Crippen molar-refractivity contribution in [3.05, 3.63) is 0 Å². The van der Waals surface area contributed by atoms with Gasteiger partial charge in [0.15, 0.2) is 0 Å². The van der Waals surface area contributed by atoms with Gasteiger partial charge in [-0.1, -0.05) is 13.3 Å². The van der Waals surface area contributed by atoms with Gasteiger partial charge in [0, 0.05) is 13.1 Å². The molecule has 1 saturated heterocycles. The highest BCUT2D eigenvalue weighted by molar-refractivity contribution is 4.93. The van der Waals surface area contributed by atoms with E-state index in [0.29, 0.717) is 5.41 Å². The van der Waals surface area contributed by atoms with Gasteiger partial charge in [-0.25, -0.2) is 5.01 Å². The standard InChI is InChI=1S/C9H18N2/c1-8-2-3-9(6-8)4-5-11(10)7-9/h8H,2-7,10H2,1H3. The van der Waals surface area contributed by atoms with Crippen LogP contribution < -0.4 is 5.84 Å². The summed E-state index contributed by atoms with van der Waals surface area (Å²) in [6, 6.07) is 0. The molecule has 0 amide bonds. The van der Waals surface area contributed by atoms with Crippen LogP contribution in [0.2, 0.25) is 0 Å². The fourth-order valence-corrected chi connectivity index (χ4v) is 2.84. The van der Waals surface area contributed by atoms with Gasteiger partial charge in [0.25, 0.3) is 0 Å². The van der Waals surface area contributed by atoms with Crippen LogP contribution in [0.1, 0.15) is 32.6 Å². The van der Waals surface area contributed by atoms with Gasteiger partial charge in [-0.05, 0) is 30.6 Å². The molecular formula is C9H18N2. The molecule has 2 aliphatic rings. The normalized spacial score (nSPS) is 45.8. The molecule has 11 heavy (non-hydrogen) atoms. The minimum Gasteiger partial charge on any atom is -0.269 e. The minimum atomic E-state index is 0.633. The zero-order chi connectivity index (χ0) is 7.90. The van der Waals surface area contributed by atoms with Crippen molar-refractivity contribution in [2.24, 2.45) is 17.2 Å². The van der Waals surface area contributed by atoms with E-state index in [1.54, 1.807) is 0 Å². The summed E-state index contributed by atoms with van der Waals surface area (Å²) in [6.07, 6.45) is 5.60. The first-order valence-corrected chi connectivity index (χ1v) is 4.70. The first-order valence-electron chi connectivity index (χ1n) is 4.70. The van der Waals surface area contributed by atoms with Gasteiger partial charge in [-0.3, -0.25) is 5.84 Å². The Labute approximate surface area is 68.7 Å². The highest BCUT2D eigenvalue weighted by Gasteiger charge is 2.41. The molecule has 2 fully saturated rings. The summed E-state index contributed by atoms with van der Waals surface area (Å²) >= 11 is 0. The van der Waals surface area contributed by atoms with Crippen molar-refractivity contribution in [3.63, 3.8) is 0 Å². The molecular weight excluding hydrogens is 136 g/mol. The molecule has 0 aromatic heterocycles. The van der Waals surface area contributed by atoms with Crippen LogP contribution in [0, 0.1) is 11.3 Å². The number of hydrogen-bond donors (Lipinski definition) is 1. The molecule has 1 aliphatic carbocycles. The molecule has 2 atom stereocenters. The third-order valence-corrected chi connectivity index (χ3v) is 3.42. The molecule has 2 heteroatoms. The highest BCUT2D eigenvalue weighted by Crippen LogP contribution is 2.46. The van der Waals surface area contributed by atoms with Gasteiger partial charge < -0.3 is 0 Å². The Morgan fingerprint density at radius 3 is 2.73 bits per heavy atom. The van der Waals surface area contributed by atoms with Crippen molar-refractivity contribution >= 4 is 0 Å². The Bertz CT molecular complexity index is 138. The van der Waals surface area contributed by atoms with Crippen LogP contribution in [0.5, 0.6) is 0 Å². The maximum atomic E-state index is 5.77. The van der Waals surface area contributed by atoms with Crippen molar-refractivity contribution in [1.29, 1.82) is 0 Å². The van der Waals surface area contributed by atoms with E-state index in [9.17, 15) is 0 Å². The van der Waals surface area contributed by atoms with Crippen LogP contribution in [0.15, 0.2) is 0 Å². The fourth-order valence-electron chi connectivity index (χ4n) is 2.84. The van der Waals surface area contributed by atoms with Crippen LogP contribution in [0.25, 0.3) is 0 Å². The summed E-state index contributed by atoms with van der Waals surface area (Å²) in [5.41, 5.74) is 0.633. The second-order valence-electron chi connectivity index (χ2n) is 4.57. The molecule has 0 radical (unpaired) electrons. The van der Waals surface area contributed by atoms with Crippen LogP contribution in [0.3, 0.4) is 0 Å². The van der Waals surface area contributed by atoms with Gasteiger partial charge in [0.2, 0.25) is 0 Å². The number of hydrogen-bond acceptors (Lipinski definition) is 2. The molecule has 1 saturated carbocycles. The van der Waals surface area contributed by atoms with Crippen LogP contribution >= 0.6 is 0 Å². The maximum absolute atomic E-state index is 5.77. The first-order chi connectivity index (χ1) is 5.20. The summed E-state index contributed by atoms with van der Waals surface area (Å²) in [6.45, 7) is 4.64. The number of rotatable bonds is 0. The predicted octanol–water partition coefficient (Wildman–Crippen LogP) is 1.37. The van der Waals surface area contributed by atoms with Crippen LogP contribution in [0.4, 0.5) is 0 Å². The molecule has 64 valence electrons. The Balaban J connectivity index is 2.02. The number of nitrogens with zero attached hydrogens (tertiary/aromatic N) is 1. The van der Waals surface area contributed by atoms with Gasteiger partial charge in [-0.2, -0.15) is 0 Å². The van der Waals surface area contributed by atoms with E-state index in [-0.39, 0.29) is 0 Å². The predicted molar refractivity (Wildman–Crippen MR) is 45.8 cm³/mol. The summed E-state index contributed by atoms with van der Waals surface area (Å²) in [7, 11) is 0. The van der Waals surface area contributed by atoms with Gasteiger partial charge in [-0.15, -0.1) is 0 Å². The molecule has 0 aromatic rings. The lowest BCUT2D eigenvalue weighted by atomic mass is 9.85. The second-order valence-corrected chi connectivity index (χ2v) is 4.57. The van der Waals surface area contributed by atoms with Crippen molar-refractivity contribution in [2.75, 3.05) is 13.1 Å². The summed E-state index contributed by atoms with van der Waals surface area (Å²) in [5.74, 6) is 6.71. The summed E-state index contributed by atoms with van der Waals surface area (Å²) < 4.78 is 0. The Morgan fingerprint density at radius 2 is 2.27 bits per heavy atom. The van der Waals surface area contributed by atoms with Gasteiger partial charge in [0.05, 0.1) is 0 Å². The topological polar surface area (TPSA) is 29.3 Å². The lowest BCUT2D eigenvalue weighted by Gasteiger charge is -2.22. The van der Waals surface area contributed by atoms with E-state index in [1.807, 2.05) is 5.01 Å². The average molecular weight is 154 g/mol. The smallest absolute Gasteiger partial charge is 0.0185 e. The zero-order valence-corrected chi connectivity index (χ0v) is 7.34. The fraction of sp³-hybridized carbons (Fsp3) is 1.00. The lowest BCUT2D eigenvalue weighted by Crippen LogP contribution is -2.30. The Hall–Kier alpha value is -0.0800. The van der Waals surface area contributed by atoms with Crippen molar-refractivity contribution in [1.82, 2.24) is 5.01 Å². The van der Waals surface area contributed by atoms with Crippen molar-refractivity contribution in [3.8, 4) is 0 Å². The lowest BCUT2D eigenvalue weighted by molar-refractivity contribution is 0.260. The van der Waals surface area contributed by atoms with Crippen LogP contribution in [-0.2, 0) is 0 Å². The molecule has 1 heterocycles. The summed E-state index contributed by atoms with van der Waals surface area (Å²) in [5, 5.41) is 2.00. The maximum Gasteiger partial charge on any atom is 0.0185 e. The minimum absolute atomic E-state index is 0.633. The first kappa shape index (κ1) is 7.56. The zero-order valence-electron chi connectivity index (χ0n) is 7.34. The van der Waals surface area contributed by atoms with Gasteiger partial charge in [0.1, 0.15) is 0 Å². The second kappa shape index (κ2) is 2.46. The van der Waals surface area contributed by atoms with E-state index in [2.05, 4.69) is 6.92 Å². The third-order valence-electron chi connectivity index (χ3n) is 3.42.